The highest BCUT2D eigenvalue weighted by Gasteiger charge is 2.46. The fourth-order valence-electron chi connectivity index (χ4n) is 3.68. The molecule has 1 aromatic rings. The summed E-state index contributed by atoms with van der Waals surface area (Å²) in [5.74, 6) is 2.51. The average molecular weight is 270 g/mol. The van der Waals surface area contributed by atoms with Crippen molar-refractivity contribution in [2.24, 2.45) is 0 Å². The molecular weight excluding hydrogens is 248 g/mol. The summed E-state index contributed by atoms with van der Waals surface area (Å²) >= 11 is 0. The Labute approximate surface area is 121 Å². The predicted octanol–water partition coefficient (Wildman–Crippen LogP) is 3.65. The van der Waals surface area contributed by atoms with Crippen LogP contribution in [0.25, 0.3) is 0 Å². The number of hydrogen-bond acceptors (Lipinski definition) is 2. The van der Waals surface area contributed by atoms with Crippen LogP contribution in [0, 0.1) is 12.3 Å². The average Bonchev–Trinajstić information content (AvgIpc) is 2.97. The van der Waals surface area contributed by atoms with Gasteiger partial charge in [0.1, 0.15) is 0 Å². The van der Waals surface area contributed by atoms with Crippen molar-refractivity contribution in [3.63, 3.8) is 0 Å². The molecule has 2 aliphatic rings. The van der Waals surface area contributed by atoms with E-state index in [2.05, 4.69) is 36.3 Å². The molecule has 1 saturated carbocycles. The van der Waals surface area contributed by atoms with Crippen molar-refractivity contribution in [1.29, 1.82) is 0 Å². The minimum absolute atomic E-state index is 0.203. The first kappa shape index (κ1) is 13.7. The third-order valence-electron chi connectivity index (χ3n) is 4.92. The summed E-state index contributed by atoms with van der Waals surface area (Å²) in [6.45, 7) is 1.48. The molecule has 1 aromatic carbocycles. The Kier molecular flexibility index (Phi) is 3.83. The Balaban J connectivity index is 1.80. The number of benzene rings is 1. The molecule has 0 N–H and O–H groups in total. The lowest BCUT2D eigenvalue weighted by Gasteiger charge is -2.44. The summed E-state index contributed by atoms with van der Waals surface area (Å²) in [4.78, 5) is 0. The lowest BCUT2D eigenvalue weighted by atomic mass is 9.65. The van der Waals surface area contributed by atoms with Gasteiger partial charge in [0.2, 0.25) is 0 Å². The molecule has 20 heavy (non-hydrogen) atoms. The third-order valence-corrected chi connectivity index (χ3v) is 4.92. The van der Waals surface area contributed by atoms with E-state index in [-0.39, 0.29) is 11.2 Å². The SMILES string of the molecule is C#CCCC1(c2ccccc2)CCC2(CC1)OCCO2. The van der Waals surface area contributed by atoms with Crippen LogP contribution < -0.4 is 0 Å². The fraction of sp³-hybridized carbons (Fsp3) is 0.556. The van der Waals surface area contributed by atoms with Gasteiger partial charge >= 0.3 is 0 Å². The number of terminal acetylenes is 1. The van der Waals surface area contributed by atoms with Crippen LogP contribution in [0.4, 0.5) is 0 Å². The molecule has 2 fully saturated rings. The maximum Gasteiger partial charge on any atom is 0.168 e. The minimum atomic E-state index is -0.297. The van der Waals surface area contributed by atoms with Crippen LogP contribution in [0.5, 0.6) is 0 Å². The van der Waals surface area contributed by atoms with E-state index in [1.54, 1.807) is 0 Å². The standard InChI is InChI=1S/C18H22O2/c1-2-3-9-17(16-7-5-4-6-8-16)10-12-18(13-11-17)19-14-15-20-18/h1,4-8H,3,9-15H2. The second-order valence-corrected chi connectivity index (χ2v) is 5.96. The van der Waals surface area contributed by atoms with Gasteiger partial charge in [-0.15, -0.1) is 12.3 Å². The summed E-state index contributed by atoms with van der Waals surface area (Å²) in [7, 11) is 0. The van der Waals surface area contributed by atoms with Gasteiger partial charge in [0.15, 0.2) is 5.79 Å². The van der Waals surface area contributed by atoms with Gasteiger partial charge in [-0.05, 0) is 30.2 Å². The molecule has 1 aliphatic carbocycles. The van der Waals surface area contributed by atoms with Gasteiger partial charge in [0.05, 0.1) is 13.2 Å². The molecule has 0 unspecified atom stereocenters. The van der Waals surface area contributed by atoms with Crippen LogP contribution in [0.1, 0.15) is 44.1 Å². The Morgan fingerprint density at radius 1 is 1.00 bits per heavy atom. The highest BCUT2D eigenvalue weighted by Crippen LogP contribution is 2.48. The van der Waals surface area contributed by atoms with Gasteiger partial charge in [-0.25, -0.2) is 0 Å². The van der Waals surface area contributed by atoms with E-state index in [1.165, 1.54) is 5.56 Å². The lowest BCUT2D eigenvalue weighted by Crippen LogP contribution is -2.42. The van der Waals surface area contributed by atoms with Gasteiger partial charge in [0.25, 0.3) is 0 Å². The van der Waals surface area contributed by atoms with E-state index in [0.717, 1.165) is 51.7 Å². The van der Waals surface area contributed by atoms with Crippen molar-refractivity contribution in [2.75, 3.05) is 13.2 Å². The van der Waals surface area contributed by atoms with Crippen molar-refractivity contribution in [3.8, 4) is 12.3 Å². The van der Waals surface area contributed by atoms with E-state index < -0.39 is 0 Å². The zero-order valence-corrected chi connectivity index (χ0v) is 11.9. The largest absolute Gasteiger partial charge is 0.348 e. The monoisotopic (exact) mass is 270 g/mol. The lowest BCUT2D eigenvalue weighted by molar-refractivity contribution is -0.185. The second-order valence-electron chi connectivity index (χ2n) is 5.96. The molecular formula is C18H22O2. The first-order valence-corrected chi connectivity index (χ1v) is 7.56. The topological polar surface area (TPSA) is 18.5 Å². The molecule has 0 bridgehead atoms. The fourth-order valence-corrected chi connectivity index (χ4v) is 3.68. The van der Waals surface area contributed by atoms with Crippen molar-refractivity contribution in [2.45, 2.75) is 49.7 Å². The van der Waals surface area contributed by atoms with Crippen molar-refractivity contribution < 1.29 is 9.47 Å². The molecule has 2 heteroatoms. The molecule has 1 heterocycles. The molecule has 0 amide bonds. The molecule has 0 aromatic heterocycles. The summed E-state index contributed by atoms with van der Waals surface area (Å²) in [5.41, 5.74) is 1.62. The Morgan fingerprint density at radius 3 is 2.25 bits per heavy atom. The predicted molar refractivity (Wildman–Crippen MR) is 79.3 cm³/mol. The maximum absolute atomic E-state index is 5.85. The van der Waals surface area contributed by atoms with Gasteiger partial charge < -0.3 is 9.47 Å². The van der Waals surface area contributed by atoms with Gasteiger partial charge in [-0.3, -0.25) is 0 Å². The summed E-state index contributed by atoms with van der Waals surface area (Å²) < 4.78 is 11.7. The summed E-state index contributed by atoms with van der Waals surface area (Å²) in [5, 5.41) is 0. The van der Waals surface area contributed by atoms with E-state index in [4.69, 9.17) is 15.9 Å². The molecule has 0 atom stereocenters. The van der Waals surface area contributed by atoms with E-state index >= 15 is 0 Å². The molecule has 106 valence electrons. The second kappa shape index (κ2) is 5.60. The van der Waals surface area contributed by atoms with Gasteiger partial charge in [-0.1, -0.05) is 30.3 Å². The summed E-state index contributed by atoms with van der Waals surface area (Å²) in [6.07, 6.45) is 11.5. The smallest absolute Gasteiger partial charge is 0.168 e. The van der Waals surface area contributed by atoms with Gasteiger partial charge in [0, 0.05) is 19.3 Å². The molecule has 0 radical (unpaired) electrons. The van der Waals surface area contributed by atoms with E-state index in [1.807, 2.05) is 0 Å². The van der Waals surface area contributed by atoms with E-state index in [9.17, 15) is 0 Å². The molecule has 1 aliphatic heterocycles. The highest BCUT2D eigenvalue weighted by molar-refractivity contribution is 5.27. The Hall–Kier alpha value is -1.30. The van der Waals surface area contributed by atoms with Crippen molar-refractivity contribution in [3.05, 3.63) is 35.9 Å². The quantitative estimate of drug-likeness (QED) is 0.780. The summed E-state index contributed by atoms with van der Waals surface area (Å²) in [6, 6.07) is 10.8. The molecule has 2 nitrogen and oxygen atoms in total. The normalized spacial score (nSPS) is 23.6. The Morgan fingerprint density at radius 2 is 1.65 bits per heavy atom. The van der Waals surface area contributed by atoms with E-state index in [0.29, 0.717) is 0 Å². The van der Waals surface area contributed by atoms with Crippen molar-refractivity contribution >= 4 is 0 Å². The van der Waals surface area contributed by atoms with Crippen molar-refractivity contribution in [1.82, 2.24) is 0 Å². The van der Waals surface area contributed by atoms with Crippen LogP contribution in [-0.2, 0) is 14.9 Å². The first-order valence-electron chi connectivity index (χ1n) is 7.56. The van der Waals surface area contributed by atoms with Gasteiger partial charge in [-0.2, -0.15) is 0 Å². The number of rotatable bonds is 3. The molecule has 3 rings (SSSR count). The van der Waals surface area contributed by atoms with Crippen LogP contribution in [0.2, 0.25) is 0 Å². The highest BCUT2D eigenvalue weighted by atomic mass is 16.7. The maximum atomic E-state index is 5.85. The zero-order valence-electron chi connectivity index (χ0n) is 11.9. The Bertz CT molecular complexity index is 470. The third kappa shape index (κ3) is 2.49. The van der Waals surface area contributed by atoms with Crippen LogP contribution >= 0.6 is 0 Å². The minimum Gasteiger partial charge on any atom is -0.348 e. The van der Waals surface area contributed by atoms with Crippen LogP contribution in [-0.4, -0.2) is 19.0 Å². The zero-order chi connectivity index (χ0) is 13.9. The molecule has 1 spiro atoms. The number of hydrogen-bond donors (Lipinski definition) is 0. The van der Waals surface area contributed by atoms with Crippen LogP contribution in [0.3, 0.4) is 0 Å². The first-order chi connectivity index (χ1) is 9.79. The molecule has 1 saturated heterocycles. The number of ether oxygens (including phenoxy) is 2. The van der Waals surface area contributed by atoms with Crippen LogP contribution in [0.15, 0.2) is 30.3 Å².